The van der Waals surface area contributed by atoms with E-state index in [1.165, 1.54) is 6.20 Å². The predicted molar refractivity (Wildman–Crippen MR) is 101 cm³/mol. The van der Waals surface area contributed by atoms with Crippen LogP contribution in [0.25, 0.3) is 5.69 Å². The molecule has 1 fully saturated rings. The fraction of sp³-hybridized carbons (Fsp3) is 0.412. The number of nitrogens with zero attached hydrogens (tertiary/aromatic N) is 2. The molecule has 0 atom stereocenters. The molecule has 134 valence electrons. The molecule has 2 N–H and O–H groups in total. The van der Waals surface area contributed by atoms with Crippen LogP contribution in [0, 0.1) is 5.41 Å². The van der Waals surface area contributed by atoms with Gasteiger partial charge in [0.05, 0.1) is 22.6 Å². The molecule has 0 saturated heterocycles. The molecule has 25 heavy (non-hydrogen) atoms. The van der Waals surface area contributed by atoms with Gasteiger partial charge in [0.15, 0.2) is 0 Å². The second-order valence-electron chi connectivity index (χ2n) is 6.37. The lowest BCUT2D eigenvalue weighted by Gasteiger charge is -2.42. The minimum atomic E-state index is -0.458. The Morgan fingerprint density at radius 1 is 1.28 bits per heavy atom. The zero-order valence-electron chi connectivity index (χ0n) is 13.4. The highest BCUT2D eigenvalue weighted by molar-refractivity contribution is 6.36. The van der Waals surface area contributed by atoms with Crippen molar-refractivity contribution in [2.24, 2.45) is 5.41 Å². The Kier molecular flexibility index (Phi) is 5.58. The molecule has 0 unspecified atom stereocenters. The quantitative estimate of drug-likeness (QED) is 0.761. The molecule has 5 nitrogen and oxygen atoms in total. The molecule has 1 saturated carbocycles. The molecule has 3 rings (SSSR count). The van der Waals surface area contributed by atoms with Gasteiger partial charge in [-0.15, -0.1) is 0 Å². The van der Waals surface area contributed by atoms with Gasteiger partial charge in [-0.2, -0.15) is 9.78 Å². The van der Waals surface area contributed by atoms with E-state index >= 15 is 0 Å². The van der Waals surface area contributed by atoms with Crippen LogP contribution in [0.3, 0.4) is 0 Å². The smallest absolute Gasteiger partial charge is 0.292 e. The van der Waals surface area contributed by atoms with Crippen LogP contribution < -0.4 is 10.9 Å². The minimum absolute atomic E-state index is 0.0551. The van der Waals surface area contributed by atoms with Gasteiger partial charge in [-0.1, -0.05) is 41.2 Å². The molecule has 1 heterocycles. The van der Waals surface area contributed by atoms with Gasteiger partial charge in [0.2, 0.25) is 0 Å². The average molecular weight is 403 g/mol. The third-order valence-electron chi connectivity index (χ3n) is 4.77. The zero-order chi connectivity index (χ0) is 18.0. The largest absolute Gasteiger partial charge is 0.396 e. The van der Waals surface area contributed by atoms with Crippen molar-refractivity contribution in [3.63, 3.8) is 0 Å². The van der Waals surface area contributed by atoms with E-state index in [-0.39, 0.29) is 17.0 Å². The van der Waals surface area contributed by atoms with Crippen molar-refractivity contribution >= 4 is 40.5 Å². The highest BCUT2D eigenvalue weighted by atomic mass is 35.5. The Bertz CT molecular complexity index is 834. The van der Waals surface area contributed by atoms with E-state index in [1.807, 2.05) is 0 Å². The Labute approximate surface area is 160 Å². The highest BCUT2D eigenvalue weighted by Gasteiger charge is 2.36. The maximum atomic E-state index is 12.6. The fourth-order valence-corrected chi connectivity index (χ4v) is 3.78. The van der Waals surface area contributed by atoms with Crippen LogP contribution in [0.2, 0.25) is 15.1 Å². The maximum absolute atomic E-state index is 12.6. The van der Waals surface area contributed by atoms with Crippen molar-refractivity contribution in [1.29, 1.82) is 0 Å². The summed E-state index contributed by atoms with van der Waals surface area (Å²) in [6.45, 7) is 0.810. The van der Waals surface area contributed by atoms with Crippen LogP contribution in [0.1, 0.15) is 25.7 Å². The van der Waals surface area contributed by atoms with Crippen LogP contribution in [0.5, 0.6) is 0 Å². The molecule has 1 aliphatic rings. The van der Waals surface area contributed by atoms with Crippen molar-refractivity contribution < 1.29 is 5.11 Å². The summed E-state index contributed by atoms with van der Waals surface area (Å²) in [5, 5.41) is 17.5. The van der Waals surface area contributed by atoms with E-state index in [4.69, 9.17) is 34.8 Å². The number of aromatic nitrogens is 2. The van der Waals surface area contributed by atoms with Crippen LogP contribution >= 0.6 is 34.8 Å². The fourth-order valence-electron chi connectivity index (χ4n) is 3.09. The Morgan fingerprint density at radius 2 is 2.04 bits per heavy atom. The van der Waals surface area contributed by atoms with E-state index in [0.29, 0.717) is 28.0 Å². The van der Waals surface area contributed by atoms with E-state index in [1.54, 1.807) is 18.2 Å². The Morgan fingerprint density at radius 3 is 2.64 bits per heavy atom. The van der Waals surface area contributed by atoms with Crippen LogP contribution in [-0.2, 0) is 0 Å². The van der Waals surface area contributed by atoms with Crippen molar-refractivity contribution in [3.8, 4) is 5.69 Å². The standard InChI is InChI=1S/C17H18Cl3N3O2/c18-11-2-3-14(12(19)8-11)23-16(25)15(20)13(9-22-23)21-10-17(6-7-24)4-1-5-17/h2-3,8-9,21,24H,1,4-7,10H2. The number of hydrogen-bond acceptors (Lipinski definition) is 4. The van der Waals surface area contributed by atoms with Gasteiger partial charge in [-0.25, -0.2) is 0 Å². The molecular weight excluding hydrogens is 385 g/mol. The third-order valence-corrected chi connectivity index (χ3v) is 5.67. The lowest BCUT2D eigenvalue weighted by molar-refractivity contribution is 0.102. The van der Waals surface area contributed by atoms with Gasteiger partial charge >= 0.3 is 0 Å². The van der Waals surface area contributed by atoms with E-state index in [2.05, 4.69) is 10.4 Å². The zero-order valence-corrected chi connectivity index (χ0v) is 15.7. The number of halogens is 3. The molecule has 0 amide bonds. The number of hydrogen-bond donors (Lipinski definition) is 2. The predicted octanol–water partition coefficient (Wildman–Crippen LogP) is 4.16. The van der Waals surface area contributed by atoms with E-state index < -0.39 is 5.56 Å². The molecule has 1 aromatic carbocycles. The number of aliphatic hydroxyl groups is 1. The van der Waals surface area contributed by atoms with Crippen molar-refractivity contribution in [2.45, 2.75) is 25.7 Å². The maximum Gasteiger partial charge on any atom is 0.292 e. The van der Waals surface area contributed by atoms with Gasteiger partial charge < -0.3 is 10.4 Å². The molecule has 0 aliphatic heterocycles. The summed E-state index contributed by atoms with van der Waals surface area (Å²) in [5.41, 5.74) is 0.519. The number of rotatable bonds is 6. The normalized spacial score (nSPS) is 15.7. The number of nitrogens with one attached hydrogen (secondary N) is 1. The highest BCUT2D eigenvalue weighted by Crippen LogP contribution is 2.43. The molecule has 1 aliphatic carbocycles. The van der Waals surface area contributed by atoms with Gasteiger partial charge in [0, 0.05) is 18.2 Å². The molecule has 0 spiro atoms. The summed E-state index contributed by atoms with van der Waals surface area (Å²) in [5.74, 6) is 0. The van der Waals surface area contributed by atoms with E-state index in [9.17, 15) is 9.90 Å². The number of benzene rings is 1. The molecule has 0 radical (unpaired) electrons. The average Bonchev–Trinajstić information content (AvgIpc) is 2.54. The second kappa shape index (κ2) is 7.54. The molecule has 1 aromatic heterocycles. The summed E-state index contributed by atoms with van der Waals surface area (Å²) in [4.78, 5) is 12.6. The lowest BCUT2D eigenvalue weighted by Crippen LogP contribution is -2.37. The number of aliphatic hydroxyl groups excluding tert-OH is 1. The summed E-state index contributed by atoms with van der Waals surface area (Å²) in [7, 11) is 0. The Balaban J connectivity index is 1.84. The molecule has 2 aromatic rings. The van der Waals surface area contributed by atoms with Crippen LogP contribution in [0.15, 0.2) is 29.2 Å². The van der Waals surface area contributed by atoms with Gasteiger partial charge in [0.1, 0.15) is 5.02 Å². The second-order valence-corrected chi connectivity index (χ2v) is 7.59. The summed E-state index contributed by atoms with van der Waals surface area (Å²) < 4.78 is 1.15. The van der Waals surface area contributed by atoms with Gasteiger partial charge in [-0.3, -0.25) is 4.79 Å². The summed E-state index contributed by atoms with van der Waals surface area (Å²) in [6, 6.07) is 4.79. The summed E-state index contributed by atoms with van der Waals surface area (Å²) in [6.07, 6.45) is 5.53. The first-order valence-corrected chi connectivity index (χ1v) is 9.17. The topological polar surface area (TPSA) is 67.2 Å². The minimum Gasteiger partial charge on any atom is -0.396 e. The van der Waals surface area contributed by atoms with Gasteiger partial charge in [0.25, 0.3) is 5.56 Å². The summed E-state index contributed by atoms with van der Waals surface area (Å²) >= 11 is 18.3. The number of anilines is 1. The first-order valence-electron chi connectivity index (χ1n) is 8.04. The molecule has 0 bridgehead atoms. The first kappa shape index (κ1) is 18.5. The lowest BCUT2D eigenvalue weighted by atomic mass is 9.67. The van der Waals surface area contributed by atoms with Crippen molar-refractivity contribution in [1.82, 2.24) is 9.78 Å². The van der Waals surface area contributed by atoms with Gasteiger partial charge in [-0.05, 0) is 42.9 Å². The Hall–Kier alpha value is -1.27. The third kappa shape index (κ3) is 3.80. The molecule has 8 heteroatoms. The monoisotopic (exact) mass is 401 g/mol. The van der Waals surface area contributed by atoms with Crippen molar-refractivity contribution in [2.75, 3.05) is 18.5 Å². The van der Waals surface area contributed by atoms with Crippen LogP contribution in [0.4, 0.5) is 5.69 Å². The van der Waals surface area contributed by atoms with E-state index in [0.717, 1.165) is 30.4 Å². The molecular formula is C17H18Cl3N3O2. The van der Waals surface area contributed by atoms with Crippen molar-refractivity contribution in [3.05, 3.63) is 49.8 Å². The first-order chi connectivity index (χ1) is 12.0. The SMILES string of the molecule is O=c1c(Cl)c(NCC2(CCO)CCC2)cnn1-c1ccc(Cl)cc1Cl. The van der Waals surface area contributed by atoms with Crippen LogP contribution in [-0.4, -0.2) is 28.0 Å².